The van der Waals surface area contributed by atoms with E-state index >= 15 is 0 Å². The SMILES string of the molecule is CN=C(NCc1ccc(CN2CCCC2=O)cc1)N1CCC(Oc2ccccc2)CC1.I. The number of ether oxygens (including phenoxy) is 1. The van der Waals surface area contributed by atoms with E-state index in [-0.39, 0.29) is 36.0 Å². The van der Waals surface area contributed by atoms with Gasteiger partial charge in [-0.3, -0.25) is 9.79 Å². The molecule has 6 nitrogen and oxygen atoms in total. The number of guanidine groups is 1. The lowest BCUT2D eigenvalue weighted by Crippen LogP contribution is -2.47. The van der Waals surface area contributed by atoms with Crippen molar-refractivity contribution in [2.75, 3.05) is 26.7 Å². The lowest BCUT2D eigenvalue weighted by atomic mass is 10.1. The van der Waals surface area contributed by atoms with Crippen LogP contribution in [0.25, 0.3) is 0 Å². The second-order valence-corrected chi connectivity index (χ2v) is 8.25. The van der Waals surface area contributed by atoms with E-state index in [2.05, 4.69) is 39.5 Å². The summed E-state index contributed by atoms with van der Waals surface area (Å²) in [4.78, 5) is 20.5. The van der Waals surface area contributed by atoms with Crippen molar-refractivity contribution >= 4 is 35.8 Å². The molecule has 2 aliphatic rings. The molecule has 0 atom stereocenters. The Balaban J connectivity index is 0.00000289. The Hall–Kier alpha value is -2.29. The van der Waals surface area contributed by atoms with Crippen molar-refractivity contribution in [3.05, 3.63) is 65.7 Å². The van der Waals surface area contributed by atoms with Crippen molar-refractivity contribution in [2.45, 2.75) is 44.9 Å². The minimum absolute atomic E-state index is 0. The van der Waals surface area contributed by atoms with Crippen LogP contribution in [0.15, 0.2) is 59.6 Å². The minimum Gasteiger partial charge on any atom is -0.490 e. The predicted octanol–water partition coefficient (Wildman–Crippen LogP) is 4.05. The summed E-state index contributed by atoms with van der Waals surface area (Å²) in [5.41, 5.74) is 2.39. The zero-order valence-electron chi connectivity index (χ0n) is 18.7. The molecule has 0 spiro atoms. The average Bonchev–Trinajstić information content (AvgIpc) is 3.21. The molecular formula is C25H33IN4O2. The Morgan fingerprint density at radius 3 is 2.34 bits per heavy atom. The summed E-state index contributed by atoms with van der Waals surface area (Å²) in [7, 11) is 1.84. The third kappa shape index (κ3) is 6.60. The fourth-order valence-electron chi connectivity index (χ4n) is 4.24. The Morgan fingerprint density at radius 2 is 1.72 bits per heavy atom. The summed E-state index contributed by atoms with van der Waals surface area (Å²) < 4.78 is 6.10. The smallest absolute Gasteiger partial charge is 0.222 e. The number of aliphatic imine (C=N–C) groups is 1. The molecule has 2 aromatic carbocycles. The normalized spacial score (nSPS) is 17.3. The third-order valence-electron chi connectivity index (χ3n) is 6.02. The van der Waals surface area contributed by atoms with Gasteiger partial charge in [0.2, 0.25) is 5.91 Å². The number of halogens is 1. The van der Waals surface area contributed by atoms with Gasteiger partial charge in [-0.25, -0.2) is 0 Å². The van der Waals surface area contributed by atoms with Gasteiger partial charge in [0.05, 0.1) is 0 Å². The number of likely N-dealkylation sites (tertiary alicyclic amines) is 2. The van der Waals surface area contributed by atoms with Crippen LogP contribution < -0.4 is 10.1 Å². The number of hydrogen-bond donors (Lipinski definition) is 1. The van der Waals surface area contributed by atoms with Gasteiger partial charge in [0, 0.05) is 59.0 Å². The molecule has 2 saturated heterocycles. The van der Waals surface area contributed by atoms with Gasteiger partial charge in [-0.15, -0.1) is 24.0 Å². The molecule has 1 amide bonds. The van der Waals surface area contributed by atoms with Gasteiger partial charge in [-0.05, 0) is 29.7 Å². The van der Waals surface area contributed by atoms with Crippen LogP contribution in [-0.2, 0) is 17.9 Å². The van der Waals surface area contributed by atoms with Gasteiger partial charge >= 0.3 is 0 Å². The summed E-state index contributed by atoms with van der Waals surface area (Å²) in [5, 5.41) is 3.49. The molecule has 2 fully saturated rings. The van der Waals surface area contributed by atoms with Crippen LogP contribution in [0.5, 0.6) is 5.75 Å². The Bertz CT molecular complexity index is 881. The maximum atomic E-state index is 11.8. The monoisotopic (exact) mass is 548 g/mol. The second-order valence-electron chi connectivity index (χ2n) is 8.25. The van der Waals surface area contributed by atoms with Crippen LogP contribution in [0.1, 0.15) is 36.8 Å². The zero-order valence-corrected chi connectivity index (χ0v) is 21.0. The van der Waals surface area contributed by atoms with Gasteiger partial charge in [0.25, 0.3) is 0 Å². The van der Waals surface area contributed by atoms with Crippen molar-refractivity contribution in [3.63, 3.8) is 0 Å². The Kier molecular flexibility index (Phi) is 9.20. The average molecular weight is 548 g/mol. The summed E-state index contributed by atoms with van der Waals surface area (Å²) in [5.74, 6) is 2.15. The van der Waals surface area contributed by atoms with Crippen LogP contribution in [0.3, 0.4) is 0 Å². The number of amides is 1. The maximum absolute atomic E-state index is 11.8. The first-order chi connectivity index (χ1) is 15.2. The number of carbonyl (C=O) groups excluding carboxylic acids is 1. The minimum atomic E-state index is 0. The molecule has 2 aromatic rings. The van der Waals surface area contributed by atoms with E-state index in [0.717, 1.165) is 57.2 Å². The number of hydrogen-bond acceptors (Lipinski definition) is 3. The summed E-state index contributed by atoms with van der Waals surface area (Å²) in [6.07, 6.45) is 3.90. The molecule has 2 heterocycles. The van der Waals surface area contributed by atoms with E-state index in [1.54, 1.807) is 0 Å². The number of nitrogens with one attached hydrogen (secondary N) is 1. The van der Waals surface area contributed by atoms with Crippen LogP contribution in [0.2, 0.25) is 0 Å². The van der Waals surface area contributed by atoms with Gasteiger partial charge in [-0.1, -0.05) is 42.5 Å². The number of rotatable bonds is 6. The largest absolute Gasteiger partial charge is 0.490 e. The highest BCUT2D eigenvalue weighted by Gasteiger charge is 2.23. The van der Waals surface area contributed by atoms with E-state index in [0.29, 0.717) is 13.0 Å². The lowest BCUT2D eigenvalue weighted by Gasteiger charge is -2.34. The molecule has 0 bridgehead atoms. The van der Waals surface area contributed by atoms with Crippen LogP contribution in [0.4, 0.5) is 0 Å². The first-order valence-electron chi connectivity index (χ1n) is 11.2. The molecular weight excluding hydrogens is 515 g/mol. The topological polar surface area (TPSA) is 57.2 Å². The molecule has 0 aliphatic carbocycles. The standard InChI is InChI=1S/C25H32N4O2.HI/c1-26-25(28-16-13-23(14-17-28)31-22-6-3-2-4-7-22)27-18-20-9-11-21(12-10-20)19-29-15-5-8-24(29)30;/h2-4,6-7,9-12,23H,5,8,13-19H2,1H3,(H,26,27);1H. The molecule has 7 heteroatoms. The molecule has 0 radical (unpaired) electrons. The van der Waals surface area contributed by atoms with Crippen LogP contribution in [0, 0.1) is 0 Å². The highest BCUT2D eigenvalue weighted by atomic mass is 127. The van der Waals surface area contributed by atoms with E-state index < -0.39 is 0 Å². The zero-order chi connectivity index (χ0) is 21.5. The molecule has 0 saturated carbocycles. The van der Waals surface area contributed by atoms with E-state index in [1.165, 1.54) is 11.1 Å². The van der Waals surface area contributed by atoms with Gasteiger partial charge in [0.15, 0.2) is 5.96 Å². The molecule has 0 unspecified atom stereocenters. The highest BCUT2D eigenvalue weighted by Crippen LogP contribution is 2.19. The van der Waals surface area contributed by atoms with Crippen molar-refractivity contribution in [2.24, 2.45) is 4.99 Å². The maximum Gasteiger partial charge on any atom is 0.222 e. The molecule has 172 valence electrons. The quantitative estimate of drug-likeness (QED) is 0.337. The third-order valence-corrected chi connectivity index (χ3v) is 6.02. The van der Waals surface area contributed by atoms with Crippen LogP contribution >= 0.6 is 24.0 Å². The fraction of sp³-hybridized carbons (Fsp3) is 0.440. The molecule has 32 heavy (non-hydrogen) atoms. The van der Waals surface area contributed by atoms with Crippen molar-refractivity contribution < 1.29 is 9.53 Å². The summed E-state index contributed by atoms with van der Waals surface area (Å²) in [6.45, 7) is 4.19. The number of benzene rings is 2. The number of carbonyl (C=O) groups is 1. The van der Waals surface area contributed by atoms with Crippen LogP contribution in [-0.4, -0.2) is 54.5 Å². The van der Waals surface area contributed by atoms with Crippen molar-refractivity contribution in [1.82, 2.24) is 15.1 Å². The fourth-order valence-corrected chi connectivity index (χ4v) is 4.24. The number of nitrogens with zero attached hydrogens (tertiary/aromatic N) is 3. The van der Waals surface area contributed by atoms with Crippen molar-refractivity contribution in [1.29, 1.82) is 0 Å². The molecule has 4 rings (SSSR count). The van der Waals surface area contributed by atoms with Crippen molar-refractivity contribution in [3.8, 4) is 5.75 Å². The van der Waals surface area contributed by atoms with E-state index in [9.17, 15) is 4.79 Å². The molecule has 2 aliphatic heterocycles. The summed E-state index contributed by atoms with van der Waals surface area (Å²) >= 11 is 0. The predicted molar refractivity (Wildman–Crippen MR) is 138 cm³/mol. The Morgan fingerprint density at radius 1 is 1.03 bits per heavy atom. The second kappa shape index (κ2) is 12.1. The first kappa shape index (κ1) is 24.4. The first-order valence-corrected chi connectivity index (χ1v) is 11.2. The Labute approximate surface area is 208 Å². The van der Waals surface area contributed by atoms with E-state index in [1.807, 2.05) is 42.3 Å². The number of para-hydroxylation sites is 1. The van der Waals surface area contributed by atoms with Gasteiger partial charge in [0.1, 0.15) is 11.9 Å². The van der Waals surface area contributed by atoms with Gasteiger partial charge < -0.3 is 19.9 Å². The highest BCUT2D eigenvalue weighted by molar-refractivity contribution is 14.0. The summed E-state index contributed by atoms with van der Waals surface area (Å²) in [6, 6.07) is 18.6. The number of piperidine rings is 1. The lowest BCUT2D eigenvalue weighted by molar-refractivity contribution is -0.128. The van der Waals surface area contributed by atoms with Gasteiger partial charge in [-0.2, -0.15) is 0 Å². The van der Waals surface area contributed by atoms with E-state index in [4.69, 9.17) is 4.74 Å². The molecule has 0 aromatic heterocycles. The molecule has 1 N–H and O–H groups in total.